The van der Waals surface area contributed by atoms with E-state index in [0.717, 1.165) is 0 Å². The Labute approximate surface area is 182 Å². The highest BCUT2D eigenvalue weighted by molar-refractivity contribution is 5.96. The Bertz CT molecular complexity index is 960. The van der Waals surface area contributed by atoms with E-state index < -0.39 is 35.7 Å². The van der Waals surface area contributed by atoms with Gasteiger partial charge in [0.25, 0.3) is 0 Å². The number of alkyl carbamates (subject to hydrolysis) is 1. The third-order valence-corrected chi connectivity index (χ3v) is 4.53. The van der Waals surface area contributed by atoms with Crippen LogP contribution in [-0.2, 0) is 14.2 Å². The molecule has 9 nitrogen and oxygen atoms in total. The van der Waals surface area contributed by atoms with Crippen LogP contribution in [0.15, 0.2) is 18.2 Å². The molecule has 2 atom stereocenters. The van der Waals surface area contributed by atoms with E-state index >= 15 is 0 Å². The van der Waals surface area contributed by atoms with Crippen molar-refractivity contribution in [2.24, 2.45) is 0 Å². The summed E-state index contributed by atoms with van der Waals surface area (Å²) in [5, 5.41) is 3.45. The molecule has 2 heterocycles. The molecule has 0 aromatic carbocycles. The van der Waals surface area contributed by atoms with E-state index in [-0.39, 0.29) is 24.6 Å². The van der Waals surface area contributed by atoms with Crippen LogP contribution in [0.1, 0.15) is 75.5 Å². The summed E-state index contributed by atoms with van der Waals surface area (Å²) in [5.41, 5.74) is 0.179. The summed E-state index contributed by atoms with van der Waals surface area (Å²) in [5.74, 6) is -1.07. The number of pyridine rings is 1. The second kappa shape index (κ2) is 9.80. The van der Waals surface area contributed by atoms with Crippen molar-refractivity contribution in [1.29, 1.82) is 0 Å². The smallest absolute Gasteiger partial charge is 0.407 e. The van der Waals surface area contributed by atoms with E-state index in [4.69, 9.17) is 14.2 Å². The van der Waals surface area contributed by atoms with Crippen LogP contribution in [0.2, 0.25) is 0 Å². The van der Waals surface area contributed by atoms with E-state index in [1.807, 2.05) is 6.92 Å². The van der Waals surface area contributed by atoms with Crippen molar-refractivity contribution >= 4 is 29.1 Å². The van der Waals surface area contributed by atoms with E-state index in [0.29, 0.717) is 11.0 Å². The van der Waals surface area contributed by atoms with Crippen LogP contribution in [0.4, 0.5) is 4.79 Å². The van der Waals surface area contributed by atoms with Gasteiger partial charge in [0.15, 0.2) is 5.69 Å². The first-order valence-electron chi connectivity index (χ1n) is 10.3. The van der Waals surface area contributed by atoms with E-state index in [9.17, 15) is 14.4 Å². The minimum atomic E-state index is -0.640. The van der Waals surface area contributed by atoms with Gasteiger partial charge < -0.3 is 24.1 Å². The first-order chi connectivity index (χ1) is 14.5. The molecule has 0 unspecified atom stereocenters. The fourth-order valence-corrected chi connectivity index (χ4v) is 3.03. The van der Waals surface area contributed by atoms with Crippen molar-refractivity contribution in [2.75, 3.05) is 13.2 Å². The molecular weight excluding hydrogens is 402 g/mol. The topological polar surface area (TPSA) is 109 Å². The molecule has 2 aromatic rings. The average molecular weight is 434 g/mol. The summed E-state index contributed by atoms with van der Waals surface area (Å²) in [6.07, 6.45) is -0.568. The third-order valence-electron chi connectivity index (χ3n) is 4.53. The lowest BCUT2D eigenvalue weighted by Crippen LogP contribution is -2.41. The first-order valence-corrected chi connectivity index (χ1v) is 10.3. The maximum absolute atomic E-state index is 12.6. The minimum Gasteiger partial charge on any atom is -0.461 e. The van der Waals surface area contributed by atoms with Gasteiger partial charge in [0.1, 0.15) is 16.9 Å². The number of carbonyl (C=O) groups is 3. The number of esters is 2. The van der Waals surface area contributed by atoms with Crippen LogP contribution in [0, 0.1) is 0 Å². The Morgan fingerprint density at radius 1 is 1.06 bits per heavy atom. The highest BCUT2D eigenvalue weighted by Gasteiger charge is 2.27. The highest BCUT2D eigenvalue weighted by atomic mass is 16.6. The number of ether oxygens (including phenoxy) is 3. The number of hydrogen-bond acceptors (Lipinski definition) is 7. The van der Waals surface area contributed by atoms with Crippen molar-refractivity contribution < 1.29 is 28.6 Å². The number of fused-ring (bicyclic) bond motifs is 1. The molecular formula is C22H31N3O6. The number of nitrogens with one attached hydrogen (secondary N) is 1. The number of aromatic nitrogens is 2. The summed E-state index contributed by atoms with van der Waals surface area (Å²) >= 11 is 0. The predicted molar refractivity (Wildman–Crippen MR) is 115 cm³/mol. The number of rotatable bonds is 7. The molecule has 0 saturated carbocycles. The monoisotopic (exact) mass is 433 g/mol. The van der Waals surface area contributed by atoms with E-state index in [1.165, 1.54) is 0 Å². The maximum atomic E-state index is 12.6. The SMILES string of the molecule is CCOC(=O)c1ccc2cc(C(=O)OCC)n([C@H](C)[C@H](C)NC(=O)OC(C)(C)C)c2n1. The number of nitrogens with zero attached hydrogens (tertiary/aromatic N) is 2. The first kappa shape index (κ1) is 24.2. The van der Waals surface area contributed by atoms with Crippen LogP contribution in [0.25, 0.3) is 11.0 Å². The van der Waals surface area contributed by atoms with Crippen molar-refractivity contribution in [3.05, 3.63) is 29.6 Å². The molecule has 9 heteroatoms. The zero-order valence-electron chi connectivity index (χ0n) is 19.1. The molecule has 1 N–H and O–H groups in total. The molecule has 0 fully saturated rings. The summed E-state index contributed by atoms with van der Waals surface area (Å²) in [6.45, 7) is 12.8. The van der Waals surface area contributed by atoms with E-state index in [2.05, 4.69) is 10.3 Å². The van der Waals surface area contributed by atoms with Gasteiger partial charge in [-0.3, -0.25) is 0 Å². The molecule has 0 aliphatic carbocycles. The molecule has 2 aromatic heterocycles. The van der Waals surface area contributed by atoms with Gasteiger partial charge in [-0.15, -0.1) is 0 Å². The molecule has 0 saturated heterocycles. The molecule has 0 bridgehead atoms. The van der Waals surface area contributed by atoms with E-state index in [1.54, 1.807) is 64.3 Å². The van der Waals surface area contributed by atoms with Gasteiger partial charge in [-0.05, 0) is 66.7 Å². The quantitative estimate of drug-likeness (QED) is 0.521. The van der Waals surface area contributed by atoms with Crippen LogP contribution >= 0.6 is 0 Å². The molecule has 170 valence electrons. The molecule has 0 aliphatic heterocycles. The largest absolute Gasteiger partial charge is 0.461 e. The average Bonchev–Trinajstić information content (AvgIpc) is 3.04. The van der Waals surface area contributed by atoms with Crippen LogP contribution in [-0.4, -0.2) is 52.4 Å². The molecule has 1 amide bonds. The second-order valence-electron chi connectivity index (χ2n) is 8.13. The lowest BCUT2D eigenvalue weighted by Gasteiger charge is -2.27. The Balaban J connectivity index is 2.48. The number of amides is 1. The lowest BCUT2D eigenvalue weighted by molar-refractivity contribution is 0.0489. The molecule has 31 heavy (non-hydrogen) atoms. The van der Waals surface area contributed by atoms with Gasteiger partial charge >= 0.3 is 18.0 Å². The highest BCUT2D eigenvalue weighted by Crippen LogP contribution is 2.26. The van der Waals surface area contributed by atoms with Crippen molar-refractivity contribution in [2.45, 2.75) is 66.2 Å². The summed E-state index contributed by atoms with van der Waals surface area (Å²) in [6, 6.07) is 4.08. The van der Waals surface area contributed by atoms with Gasteiger partial charge in [-0.2, -0.15) is 0 Å². The van der Waals surface area contributed by atoms with Crippen LogP contribution in [0.5, 0.6) is 0 Å². The molecule has 2 rings (SSSR count). The van der Waals surface area contributed by atoms with Crippen LogP contribution < -0.4 is 5.32 Å². The molecule has 0 aliphatic rings. The predicted octanol–water partition coefficient (Wildman–Crippen LogP) is 3.86. The third kappa shape index (κ3) is 5.96. The summed E-state index contributed by atoms with van der Waals surface area (Å²) in [7, 11) is 0. The number of hydrogen-bond donors (Lipinski definition) is 1. The minimum absolute atomic E-state index is 0.129. The van der Waals surface area contributed by atoms with Crippen molar-refractivity contribution in [1.82, 2.24) is 14.9 Å². The van der Waals surface area contributed by atoms with Gasteiger partial charge in [-0.1, -0.05) is 0 Å². The molecule has 0 spiro atoms. The Kier molecular flexibility index (Phi) is 7.65. The van der Waals surface area contributed by atoms with Crippen molar-refractivity contribution in [3.63, 3.8) is 0 Å². The second-order valence-corrected chi connectivity index (χ2v) is 8.13. The Morgan fingerprint density at radius 3 is 2.26 bits per heavy atom. The fraction of sp³-hybridized carbons (Fsp3) is 0.545. The fourth-order valence-electron chi connectivity index (χ4n) is 3.03. The standard InChI is InChI=1S/C22H31N3O6/c1-8-29-19(26)16-11-10-15-12-17(20(27)30-9-2)25(18(15)24-16)14(4)13(3)23-21(28)31-22(5,6)7/h10-14H,8-9H2,1-7H3,(H,23,28)/t13-,14+/m0/s1. The van der Waals surface area contributed by atoms with Crippen molar-refractivity contribution in [3.8, 4) is 0 Å². The summed E-state index contributed by atoms with van der Waals surface area (Å²) in [4.78, 5) is 41.5. The van der Waals surface area contributed by atoms with Gasteiger partial charge in [-0.25, -0.2) is 19.4 Å². The zero-order valence-corrected chi connectivity index (χ0v) is 19.1. The van der Waals surface area contributed by atoms with Gasteiger partial charge in [0, 0.05) is 11.4 Å². The number of carbonyl (C=O) groups excluding carboxylic acids is 3. The molecule has 0 radical (unpaired) electrons. The maximum Gasteiger partial charge on any atom is 0.407 e. The lowest BCUT2D eigenvalue weighted by atomic mass is 10.1. The Morgan fingerprint density at radius 2 is 1.68 bits per heavy atom. The normalized spacial score (nSPS) is 13.4. The summed E-state index contributed by atoms with van der Waals surface area (Å²) < 4.78 is 17.2. The Hall–Kier alpha value is -3.10. The van der Waals surface area contributed by atoms with Gasteiger partial charge in [0.05, 0.1) is 19.3 Å². The van der Waals surface area contributed by atoms with Gasteiger partial charge in [0.2, 0.25) is 0 Å². The zero-order chi connectivity index (χ0) is 23.3. The van der Waals surface area contributed by atoms with Crippen LogP contribution in [0.3, 0.4) is 0 Å².